The Balaban J connectivity index is 1.57. The summed E-state index contributed by atoms with van der Waals surface area (Å²) >= 11 is 0. The van der Waals surface area contributed by atoms with Crippen LogP contribution in [0, 0.1) is 5.41 Å². The second kappa shape index (κ2) is 7.18. The average molecular weight is 367 g/mol. The summed E-state index contributed by atoms with van der Waals surface area (Å²) in [6, 6.07) is 11.4. The molecule has 2 fully saturated rings. The number of para-hydroxylation sites is 1. The molecule has 0 spiro atoms. The van der Waals surface area contributed by atoms with Gasteiger partial charge in [0.1, 0.15) is 5.69 Å². The highest BCUT2D eigenvalue weighted by molar-refractivity contribution is 5.93. The van der Waals surface area contributed by atoms with Crippen molar-refractivity contribution in [3.8, 4) is 5.69 Å². The minimum atomic E-state index is -0.842. The van der Waals surface area contributed by atoms with E-state index < -0.39 is 11.4 Å². The first kappa shape index (κ1) is 17.8. The molecule has 0 aliphatic heterocycles. The normalized spacial score (nSPS) is 18.8. The molecule has 1 aromatic carbocycles. The number of benzene rings is 1. The van der Waals surface area contributed by atoms with Gasteiger partial charge in [0.15, 0.2) is 0 Å². The Kier molecular flexibility index (Phi) is 4.72. The number of nitrogens with zero attached hydrogens (tertiary/aromatic N) is 2. The average Bonchev–Trinajstić information content (AvgIpc) is 3.46. The topological polar surface area (TPSA) is 84.2 Å². The molecule has 0 radical (unpaired) electrons. The molecule has 1 amide bonds. The van der Waals surface area contributed by atoms with Crippen LogP contribution in [0.25, 0.3) is 5.69 Å². The number of carboxylic acids is 1. The molecule has 1 aromatic heterocycles. The maximum absolute atomic E-state index is 12.9. The first-order chi connectivity index (χ1) is 13.1. The fraction of sp³-hybridized carbons (Fsp3) is 0.476. The summed E-state index contributed by atoms with van der Waals surface area (Å²) in [5.41, 5.74) is 1.40. The molecule has 27 heavy (non-hydrogen) atoms. The maximum Gasteiger partial charge on any atom is 0.311 e. The molecular formula is C21H25N3O3. The minimum Gasteiger partial charge on any atom is -0.481 e. The molecule has 6 nitrogen and oxygen atoms in total. The molecule has 2 N–H and O–H groups in total. The van der Waals surface area contributed by atoms with Crippen LogP contribution >= 0.6 is 0 Å². The first-order valence-corrected chi connectivity index (χ1v) is 9.76. The van der Waals surface area contributed by atoms with Crippen LogP contribution in [0.1, 0.15) is 67.0 Å². The monoisotopic (exact) mass is 367 g/mol. The third kappa shape index (κ3) is 3.61. The van der Waals surface area contributed by atoms with Crippen molar-refractivity contribution in [3.05, 3.63) is 47.8 Å². The molecule has 2 aliphatic rings. The SMILES string of the molecule is O=C(NCC1(C(=O)O)CCCCC1)c1cc(C2CC2)nn1-c1ccccc1. The summed E-state index contributed by atoms with van der Waals surface area (Å²) in [5, 5.41) is 17.3. The van der Waals surface area contributed by atoms with Crippen molar-refractivity contribution in [3.63, 3.8) is 0 Å². The number of hydrogen-bond acceptors (Lipinski definition) is 3. The Morgan fingerprint density at radius 1 is 1.15 bits per heavy atom. The van der Waals surface area contributed by atoms with E-state index in [-0.39, 0.29) is 12.5 Å². The standard InChI is InChI=1S/C21H25N3O3/c25-19(22-14-21(20(26)27)11-5-2-6-12-21)18-13-17(15-9-10-15)23-24(18)16-7-3-1-4-8-16/h1,3-4,7-8,13,15H,2,5-6,9-12,14H2,(H,22,25)(H,26,27). The predicted octanol–water partition coefficient (Wildman–Crippen LogP) is 3.51. The number of carboxylic acid groups (broad SMARTS) is 1. The van der Waals surface area contributed by atoms with Crippen molar-refractivity contribution >= 4 is 11.9 Å². The van der Waals surface area contributed by atoms with Crippen LogP contribution in [-0.2, 0) is 4.79 Å². The second-order valence-corrected chi connectivity index (χ2v) is 7.80. The highest BCUT2D eigenvalue weighted by Crippen LogP contribution is 2.40. The van der Waals surface area contributed by atoms with Crippen LogP contribution in [0.4, 0.5) is 0 Å². The summed E-state index contributed by atoms with van der Waals surface area (Å²) in [6.07, 6.45) is 6.31. The molecule has 1 heterocycles. The van der Waals surface area contributed by atoms with E-state index in [1.165, 1.54) is 0 Å². The van der Waals surface area contributed by atoms with E-state index >= 15 is 0 Å². The largest absolute Gasteiger partial charge is 0.481 e. The Labute approximate surface area is 158 Å². The molecule has 2 aliphatic carbocycles. The van der Waals surface area contributed by atoms with E-state index in [0.717, 1.165) is 43.5 Å². The van der Waals surface area contributed by atoms with E-state index in [1.54, 1.807) is 4.68 Å². The van der Waals surface area contributed by atoms with E-state index in [9.17, 15) is 14.7 Å². The molecule has 2 saturated carbocycles. The van der Waals surface area contributed by atoms with Gasteiger partial charge in [-0.2, -0.15) is 5.10 Å². The van der Waals surface area contributed by atoms with Crippen LogP contribution in [0.15, 0.2) is 36.4 Å². The Hall–Kier alpha value is -2.63. The summed E-state index contributed by atoms with van der Waals surface area (Å²) < 4.78 is 1.68. The lowest BCUT2D eigenvalue weighted by Crippen LogP contribution is -2.44. The van der Waals surface area contributed by atoms with Crippen molar-refractivity contribution in [1.29, 1.82) is 0 Å². The Bertz CT molecular complexity index is 834. The first-order valence-electron chi connectivity index (χ1n) is 9.76. The molecule has 142 valence electrons. The maximum atomic E-state index is 12.9. The number of amides is 1. The van der Waals surface area contributed by atoms with Gasteiger partial charge in [0, 0.05) is 12.5 Å². The second-order valence-electron chi connectivity index (χ2n) is 7.80. The highest BCUT2D eigenvalue weighted by Gasteiger charge is 2.40. The number of rotatable bonds is 6. The van der Waals surface area contributed by atoms with Crippen molar-refractivity contribution < 1.29 is 14.7 Å². The van der Waals surface area contributed by atoms with Crippen LogP contribution < -0.4 is 5.32 Å². The number of aliphatic carboxylic acids is 1. The number of carbonyl (C=O) groups is 2. The van der Waals surface area contributed by atoms with Crippen molar-refractivity contribution in [2.75, 3.05) is 6.54 Å². The highest BCUT2D eigenvalue weighted by atomic mass is 16.4. The van der Waals surface area contributed by atoms with Gasteiger partial charge in [-0.05, 0) is 43.9 Å². The third-order valence-corrected chi connectivity index (χ3v) is 5.81. The zero-order valence-electron chi connectivity index (χ0n) is 15.4. The zero-order valence-corrected chi connectivity index (χ0v) is 15.4. The summed E-state index contributed by atoms with van der Waals surface area (Å²) in [5.74, 6) is -0.632. The lowest BCUT2D eigenvalue weighted by atomic mass is 9.74. The molecule has 0 saturated heterocycles. The van der Waals surface area contributed by atoms with Crippen LogP contribution in [-0.4, -0.2) is 33.3 Å². The molecule has 0 bridgehead atoms. The van der Waals surface area contributed by atoms with Gasteiger partial charge in [-0.3, -0.25) is 9.59 Å². The van der Waals surface area contributed by atoms with E-state index in [1.807, 2.05) is 36.4 Å². The van der Waals surface area contributed by atoms with Crippen molar-refractivity contribution in [1.82, 2.24) is 15.1 Å². The van der Waals surface area contributed by atoms with Crippen molar-refractivity contribution in [2.24, 2.45) is 5.41 Å². The smallest absolute Gasteiger partial charge is 0.311 e. The lowest BCUT2D eigenvalue weighted by Gasteiger charge is -2.33. The molecule has 0 atom stereocenters. The number of carbonyl (C=O) groups excluding carboxylic acids is 1. The number of nitrogens with one attached hydrogen (secondary N) is 1. The van der Waals surface area contributed by atoms with E-state index in [0.29, 0.717) is 24.5 Å². The number of aromatic nitrogens is 2. The Morgan fingerprint density at radius 2 is 1.85 bits per heavy atom. The van der Waals surface area contributed by atoms with Gasteiger partial charge in [-0.25, -0.2) is 4.68 Å². The van der Waals surface area contributed by atoms with Gasteiger partial charge in [0.05, 0.1) is 16.8 Å². The van der Waals surface area contributed by atoms with Gasteiger partial charge in [-0.15, -0.1) is 0 Å². The van der Waals surface area contributed by atoms with Gasteiger partial charge in [0.2, 0.25) is 0 Å². The fourth-order valence-electron chi connectivity index (χ4n) is 3.94. The quantitative estimate of drug-likeness (QED) is 0.818. The van der Waals surface area contributed by atoms with Gasteiger partial charge < -0.3 is 10.4 Å². The molecule has 0 unspecified atom stereocenters. The Morgan fingerprint density at radius 3 is 2.48 bits per heavy atom. The molecule has 2 aromatic rings. The van der Waals surface area contributed by atoms with Gasteiger partial charge in [-0.1, -0.05) is 37.5 Å². The van der Waals surface area contributed by atoms with Crippen LogP contribution in [0.3, 0.4) is 0 Å². The summed E-state index contributed by atoms with van der Waals surface area (Å²) in [4.78, 5) is 24.8. The third-order valence-electron chi connectivity index (χ3n) is 5.81. The molecule has 6 heteroatoms. The summed E-state index contributed by atoms with van der Waals surface area (Å²) in [7, 11) is 0. The summed E-state index contributed by atoms with van der Waals surface area (Å²) in [6.45, 7) is 0.167. The molecular weight excluding hydrogens is 342 g/mol. The van der Waals surface area contributed by atoms with E-state index in [2.05, 4.69) is 10.4 Å². The van der Waals surface area contributed by atoms with Gasteiger partial charge >= 0.3 is 5.97 Å². The van der Waals surface area contributed by atoms with Crippen LogP contribution in [0.5, 0.6) is 0 Å². The molecule has 4 rings (SSSR count). The zero-order chi connectivity index (χ0) is 18.9. The predicted molar refractivity (Wildman–Crippen MR) is 101 cm³/mol. The van der Waals surface area contributed by atoms with Crippen LogP contribution in [0.2, 0.25) is 0 Å². The lowest BCUT2D eigenvalue weighted by molar-refractivity contribution is -0.150. The fourth-order valence-corrected chi connectivity index (χ4v) is 3.94. The van der Waals surface area contributed by atoms with Crippen molar-refractivity contribution in [2.45, 2.75) is 50.9 Å². The van der Waals surface area contributed by atoms with Gasteiger partial charge in [0.25, 0.3) is 5.91 Å². The van der Waals surface area contributed by atoms with E-state index in [4.69, 9.17) is 0 Å². The minimum absolute atomic E-state index is 0.167. The number of hydrogen-bond donors (Lipinski definition) is 2.